The molecular weight excluding hydrogens is 346 g/mol. The van der Waals surface area contributed by atoms with Crippen LogP contribution < -0.4 is 5.56 Å². The number of carbonyl (C=O) groups excluding carboxylic acids is 1. The summed E-state index contributed by atoms with van der Waals surface area (Å²) in [5.74, 6) is 0.538. The monoisotopic (exact) mass is 367 g/mol. The van der Waals surface area contributed by atoms with E-state index in [4.69, 9.17) is 0 Å². The van der Waals surface area contributed by atoms with Gasteiger partial charge in [0.1, 0.15) is 4.83 Å². The summed E-state index contributed by atoms with van der Waals surface area (Å²) >= 11 is 1.51. The number of benzene rings is 1. The smallest absolute Gasteiger partial charge is 0.262 e. The average molecular weight is 367 g/mol. The maximum Gasteiger partial charge on any atom is 0.262 e. The lowest BCUT2D eigenvalue weighted by Crippen LogP contribution is -2.38. The fourth-order valence-corrected chi connectivity index (χ4v) is 4.54. The first kappa shape index (κ1) is 17.0. The van der Waals surface area contributed by atoms with E-state index < -0.39 is 0 Å². The number of piperidine rings is 1. The summed E-state index contributed by atoms with van der Waals surface area (Å²) in [4.78, 5) is 31.7. The zero-order chi connectivity index (χ0) is 18.1. The predicted octanol–water partition coefficient (Wildman–Crippen LogP) is 3.38. The SMILES string of the molecule is CC(=O)N1CCC(Cn2cnc3scc(-c4ccccc4)c3c2=O)CC1. The Kier molecular flexibility index (Phi) is 4.59. The van der Waals surface area contributed by atoms with Gasteiger partial charge >= 0.3 is 0 Å². The number of hydrogen-bond donors (Lipinski definition) is 0. The van der Waals surface area contributed by atoms with Gasteiger partial charge in [0.05, 0.1) is 11.7 Å². The Hall–Kier alpha value is -2.47. The number of thiophene rings is 1. The lowest BCUT2D eigenvalue weighted by atomic mass is 9.96. The van der Waals surface area contributed by atoms with E-state index in [0.29, 0.717) is 17.8 Å². The van der Waals surface area contributed by atoms with E-state index in [9.17, 15) is 9.59 Å². The molecule has 0 atom stereocenters. The lowest BCUT2D eigenvalue weighted by molar-refractivity contribution is -0.130. The van der Waals surface area contributed by atoms with Crippen LogP contribution >= 0.6 is 11.3 Å². The van der Waals surface area contributed by atoms with Crippen LogP contribution in [0.15, 0.2) is 46.8 Å². The van der Waals surface area contributed by atoms with Crippen molar-refractivity contribution in [2.75, 3.05) is 13.1 Å². The van der Waals surface area contributed by atoms with Crippen molar-refractivity contribution in [1.82, 2.24) is 14.5 Å². The Labute approximate surface area is 155 Å². The van der Waals surface area contributed by atoms with Gasteiger partial charge in [-0.2, -0.15) is 0 Å². The van der Waals surface area contributed by atoms with Crippen molar-refractivity contribution in [2.24, 2.45) is 5.92 Å². The molecule has 1 aromatic carbocycles. The van der Waals surface area contributed by atoms with Gasteiger partial charge in [-0.05, 0) is 24.3 Å². The van der Waals surface area contributed by atoms with E-state index in [2.05, 4.69) is 4.98 Å². The summed E-state index contributed by atoms with van der Waals surface area (Å²) in [5.41, 5.74) is 2.04. The van der Waals surface area contributed by atoms with Gasteiger partial charge in [-0.25, -0.2) is 4.98 Å². The molecule has 3 aromatic rings. The Morgan fingerprint density at radius 3 is 2.65 bits per heavy atom. The molecule has 26 heavy (non-hydrogen) atoms. The zero-order valence-corrected chi connectivity index (χ0v) is 15.5. The van der Waals surface area contributed by atoms with Crippen molar-refractivity contribution in [3.63, 3.8) is 0 Å². The molecule has 0 radical (unpaired) electrons. The Morgan fingerprint density at radius 1 is 1.23 bits per heavy atom. The van der Waals surface area contributed by atoms with Gasteiger partial charge < -0.3 is 4.90 Å². The van der Waals surface area contributed by atoms with Gasteiger partial charge in [0.2, 0.25) is 5.91 Å². The van der Waals surface area contributed by atoms with Crippen molar-refractivity contribution >= 4 is 27.5 Å². The minimum Gasteiger partial charge on any atom is -0.343 e. The van der Waals surface area contributed by atoms with Gasteiger partial charge in [0.25, 0.3) is 5.56 Å². The minimum absolute atomic E-state index is 0.0316. The number of carbonyl (C=O) groups is 1. The number of likely N-dealkylation sites (tertiary alicyclic amines) is 1. The molecule has 0 bridgehead atoms. The fraction of sp³-hybridized carbons (Fsp3) is 0.350. The Morgan fingerprint density at radius 2 is 1.96 bits per heavy atom. The highest BCUT2D eigenvalue weighted by atomic mass is 32.1. The predicted molar refractivity (Wildman–Crippen MR) is 104 cm³/mol. The van der Waals surface area contributed by atoms with Gasteiger partial charge in [-0.3, -0.25) is 14.2 Å². The third-order valence-electron chi connectivity index (χ3n) is 5.16. The standard InChI is InChI=1S/C20H21N3O2S/c1-14(24)22-9-7-15(8-10-22)11-23-13-21-19-18(20(23)25)17(12-26-19)16-5-3-2-4-6-16/h2-6,12-13,15H,7-11H2,1H3. The molecule has 134 valence electrons. The maximum absolute atomic E-state index is 13.1. The van der Waals surface area contributed by atoms with E-state index in [0.717, 1.165) is 41.9 Å². The highest BCUT2D eigenvalue weighted by Crippen LogP contribution is 2.30. The van der Waals surface area contributed by atoms with Crippen molar-refractivity contribution in [3.8, 4) is 11.1 Å². The molecule has 0 N–H and O–H groups in total. The third kappa shape index (κ3) is 3.17. The van der Waals surface area contributed by atoms with Gasteiger partial charge in [-0.15, -0.1) is 11.3 Å². The number of hydrogen-bond acceptors (Lipinski definition) is 4. The fourth-order valence-electron chi connectivity index (χ4n) is 3.64. The van der Waals surface area contributed by atoms with Crippen LogP contribution in [0.25, 0.3) is 21.3 Å². The Bertz CT molecular complexity index is 985. The van der Waals surface area contributed by atoms with Crippen molar-refractivity contribution in [3.05, 3.63) is 52.4 Å². The highest BCUT2D eigenvalue weighted by Gasteiger charge is 2.22. The average Bonchev–Trinajstić information content (AvgIpc) is 3.10. The summed E-state index contributed by atoms with van der Waals surface area (Å²) < 4.78 is 1.75. The largest absolute Gasteiger partial charge is 0.343 e. The summed E-state index contributed by atoms with van der Waals surface area (Å²) in [6.45, 7) is 3.83. The molecule has 0 saturated carbocycles. The van der Waals surface area contributed by atoms with Crippen molar-refractivity contribution in [1.29, 1.82) is 0 Å². The number of fused-ring (bicyclic) bond motifs is 1. The van der Waals surface area contributed by atoms with Crippen LogP contribution in [0.2, 0.25) is 0 Å². The molecule has 4 rings (SSSR count). The van der Waals surface area contributed by atoms with E-state index in [1.54, 1.807) is 17.8 Å². The first-order chi connectivity index (χ1) is 12.6. The minimum atomic E-state index is 0.0316. The van der Waals surface area contributed by atoms with Crippen molar-refractivity contribution < 1.29 is 4.79 Å². The molecule has 0 unspecified atom stereocenters. The van der Waals surface area contributed by atoms with E-state index in [1.807, 2.05) is 40.6 Å². The van der Waals surface area contributed by atoms with Gasteiger partial charge in [-0.1, -0.05) is 30.3 Å². The molecule has 1 aliphatic rings. The molecule has 1 fully saturated rings. The van der Waals surface area contributed by atoms with Crippen LogP contribution in [0.3, 0.4) is 0 Å². The van der Waals surface area contributed by atoms with Crippen LogP contribution in [0.5, 0.6) is 0 Å². The molecule has 6 heteroatoms. The molecule has 2 aromatic heterocycles. The first-order valence-corrected chi connectivity index (χ1v) is 9.79. The molecular formula is C20H21N3O2S. The first-order valence-electron chi connectivity index (χ1n) is 8.91. The molecule has 0 aliphatic carbocycles. The maximum atomic E-state index is 13.1. The van der Waals surface area contributed by atoms with Gasteiger partial charge in [0.15, 0.2) is 0 Å². The van der Waals surface area contributed by atoms with Crippen LogP contribution in [0.4, 0.5) is 0 Å². The third-order valence-corrected chi connectivity index (χ3v) is 6.05. The number of amides is 1. The number of nitrogens with zero attached hydrogens (tertiary/aromatic N) is 3. The topological polar surface area (TPSA) is 55.2 Å². The van der Waals surface area contributed by atoms with Crippen LogP contribution in [-0.4, -0.2) is 33.4 Å². The number of aromatic nitrogens is 2. The normalized spacial score (nSPS) is 15.5. The summed E-state index contributed by atoms with van der Waals surface area (Å²) in [6, 6.07) is 9.99. The second kappa shape index (κ2) is 7.03. The second-order valence-electron chi connectivity index (χ2n) is 6.85. The van der Waals surface area contributed by atoms with Gasteiger partial charge in [0, 0.05) is 37.5 Å². The second-order valence-corrected chi connectivity index (χ2v) is 7.71. The van der Waals surface area contributed by atoms with E-state index in [1.165, 1.54) is 11.3 Å². The van der Waals surface area contributed by atoms with E-state index >= 15 is 0 Å². The summed E-state index contributed by atoms with van der Waals surface area (Å²) in [6.07, 6.45) is 3.53. The Balaban J connectivity index is 1.62. The zero-order valence-electron chi connectivity index (χ0n) is 14.7. The van der Waals surface area contributed by atoms with Crippen LogP contribution in [-0.2, 0) is 11.3 Å². The summed E-state index contributed by atoms with van der Waals surface area (Å²) in [5, 5.41) is 2.73. The molecule has 1 saturated heterocycles. The quantitative estimate of drug-likeness (QED) is 0.713. The molecule has 1 aliphatic heterocycles. The van der Waals surface area contributed by atoms with Crippen LogP contribution in [0.1, 0.15) is 19.8 Å². The lowest BCUT2D eigenvalue weighted by Gasteiger charge is -2.31. The molecule has 3 heterocycles. The van der Waals surface area contributed by atoms with Crippen LogP contribution in [0, 0.1) is 5.92 Å². The number of rotatable bonds is 3. The van der Waals surface area contributed by atoms with Crippen molar-refractivity contribution in [2.45, 2.75) is 26.3 Å². The molecule has 5 nitrogen and oxygen atoms in total. The molecule has 1 amide bonds. The van der Waals surface area contributed by atoms with E-state index in [-0.39, 0.29) is 11.5 Å². The summed E-state index contributed by atoms with van der Waals surface area (Å²) in [7, 11) is 0. The molecule has 0 spiro atoms. The highest BCUT2D eigenvalue weighted by molar-refractivity contribution is 7.17.